The summed E-state index contributed by atoms with van der Waals surface area (Å²) in [6, 6.07) is 1.38. The Labute approximate surface area is 160 Å². The molecule has 2 rings (SSSR count). The standard InChI is InChI=1S/C19H29NO6S/c1-12(2)17(27(24,25)15-8-6-5-7-9-15)18(21)20(4)11-14-10-16(19(22)23)13(3)26-14/h10,12,15,17H,5-9,11H2,1-4H3,(H,22,23). The zero-order valence-electron chi connectivity index (χ0n) is 16.4. The third kappa shape index (κ3) is 4.72. The van der Waals surface area contributed by atoms with E-state index in [1.807, 2.05) is 0 Å². The van der Waals surface area contributed by atoms with Crippen LogP contribution >= 0.6 is 0 Å². The molecule has 8 heteroatoms. The minimum absolute atomic E-state index is 0.0242. The number of hydrogen-bond acceptors (Lipinski definition) is 5. The maximum Gasteiger partial charge on any atom is 0.339 e. The Balaban J connectivity index is 2.20. The predicted octanol–water partition coefficient (Wildman–Crippen LogP) is 3.02. The van der Waals surface area contributed by atoms with Gasteiger partial charge in [0.2, 0.25) is 5.91 Å². The highest BCUT2D eigenvalue weighted by atomic mass is 32.2. The van der Waals surface area contributed by atoms with Gasteiger partial charge >= 0.3 is 5.97 Å². The van der Waals surface area contributed by atoms with Crippen molar-refractivity contribution >= 4 is 21.7 Å². The molecule has 0 bridgehead atoms. The van der Waals surface area contributed by atoms with Crippen LogP contribution in [-0.4, -0.2) is 47.8 Å². The summed E-state index contributed by atoms with van der Waals surface area (Å²) in [6.07, 6.45) is 4.02. The van der Waals surface area contributed by atoms with Crippen molar-refractivity contribution in [1.82, 2.24) is 4.90 Å². The number of sulfone groups is 1. The summed E-state index contributed by atoms with van der Waals surface area (Å²) in [6.45, 7) is 5.06. The van der Waals surface area contributed by atoms with E-state index in [1.54, 1.807) is 20.8 Å². The van der Waals surface area contributed by atoms with Crippen LogP contribution in [0.25, 0.3) is 0 Å². The molecule has 1 aromatic heterocycles. The number of hydrogen-bond donors (Lipinski definition) is 1. The Morgan fingerprint density at radius 1 is 1.26 bits per heavy atom. The SMILES string of the molecule is Cc1oc(CN(C)C(=O)C(C(C)C)S(=O)(=O)C2CCCCC2)cc1C(=O)O. The quantitative estimate of drug-likeness (QED) is 0.756. The van der Waals surface area contributed by atoms with Crippen LogP contribution in [0.4, 0.5) is 0 Å². The van der Waals surface area contributed by atoms with E-state index in [9.17, 15) is 18.0 Å². The fourth-order valence-corrected chi connectivity index (χ4v) is 6.39. The lowest BCUT2D eigenvalue weighted by Gasteiger charge is -2.30. The molecule has 1 amide bonds. The highest BCUT2D eigenvalue weighted by Gasteiger charge is 2.42. The van der Waals surface area contributed by atoms with Gasteiger partial charge in [-0.05, 0) is 31.7 Å². The van der Waals surface area contributed by atoms with E-state index in [2.05, 4.69) is 0 Å². The molecular weight excluding hydrogens is 370 g/mol. The predicted molar refractivity (Wildman–Crippen MR) is 101 cm³/mol. The van der Waals surface area contributed by atoms with Crippen LogP contribution in [0.15, 0.2) is 10.5 Å². The Kier molecular flexibility index (Phi) is 6.72. The second-order valence-electron chi connectivity index (χ2n) is 7.70. The number of nitrogens with zero attached hydrogens (tertiary/aromatic N) is 1. The van der Waals surface area contributed by atoms with Gasteiger partial charge in [0.05, 0.1) is 11.8 Å². The lowest BCUT2D eigenvalue weighted by atomic mass is 10.0. The number of carboxylic acid groups (broad SMARTS) is 1. The summed E-state index contributed by atoms with van der Waals surface area (Å²) in [5.74, 6) is -1.34. The average molecular weight is 400 g/mol. The molecule has 0 aliphatic heterocycles. The summed E-state index contributed by atoms with van der Waals surface area (Å²) in [7, 11) is -2.07. The first kappa shape index (κ1) is 21.5. The number of carboxylic acids is 1. The van der Waals surface area contributed by atoms with Crippen LogP contribution in [0.3, 0.4) is 0 Å². The number of aryl methyl sites for hydroxylation is 1. The van der Waals surface area contributed by atoms with Crippen molar-refractivity contribution in [2.24, 2.45) is 5.92 Å². The van der Waals surface area contributed by atoms with Gasteiger partial charge in [-0.3, -0.25) is 4.79 Å². The van der Waals surface area contributed by atoms with Gasteiger partial charge in [-0.2, -0.15) is 0 Å². The molecule has 0 aromatic carbocycles. The summed E-state index contributed by atoms with van der Waals surface area (Å²) in [5, 5.41) is 7.56. The van der Waals surface area contributed by atoms with Gasteiger partial charge in [-0.1, -0.05) is 33.1 Å². The van der Waals surface area contributed by atoms with Crippen LogP contribution in [0, 0.1) is 12.8 Å². The molecule has 1 heterocycles. The molecule has 152 valence electrons. The summed E-state index contributed by atoms with van der Waals surface area (Å²) >= 11 is 0. The first-order chi connectivity index (χ1) is 12.6. The van der Waals surface area contributed by atoms with Gasteiger partial charge in [0.25, 0.3) is 0 Å². The van der Waals surface area contributed by atoms with Crippen molar-refractivity contribution < 1.29 is 27.5 Å². The molecule has 1 saturated carbocycles. The van der Waals surface area contributed by atoms with Gasteiger partial charge in [-0.15, -0.1) is 0 Å². The zero-order chi connectivity index (χ0) is 20.4. The van der Waals surface area contributed by atoms with Gasteiger partial charge in [0.1, 0.15) is 22.3 Å². The van der Waals surface area contributed by atoms with E-state index < -0.39 is 32.2 Å². The maximum absolute atomic E-state index is 13.1. The number of aromatic carboxylic acids is 1. The Morgan fingerprint density at radius 2 is 1.85 bits per heavy atom. The van der Waals surface area contributed by atoms with E-state index in [0.29, 0.717) is 18.6 Å². The number of rotatable bonds is 7. The lowest BCUT2D eigenvalue weighted by molar-refractivity contribution is -0.131. The molecule has 27 heavy (non-hydrogen) atoms. The fraction of sp³-hybridized carbons (Fsp3) is 0.684. The van der Waals surface area contributed by atoms with E-state index in [1.165, 1.54) is 18.0 Å². The third-order valence-corrected chi connectivity index (χ3v) is 8.04. The highest BCUT2D eigenvalue weighted by molar-refractivity contribution is 7.93. The van der Waals surface area contributed by atoms with Crippen LogP contribution in [0.1, 0.15) is 67.8 Å². The molecule has 1 unspecified atom stereocenters. The number of amides is 1. The average Bonchev–Trinajstić information content (AvgIpc) is 2.95. The first-order valence-electron chi connectivity index (χ1n) is 9.36. The second-order valence-corrected chi connectivity index (χ2v) is 10.0. The van der Waals surface area contributed by atoms with Gasteiger partial charge < -0.3 is 14.4 Å². The molecule has 0 saturated heterocycles. The zero-order valence-corrected chi connectivity index (χ0v) is 17.2. The van der Waals surface area contributed by atoms with Crippen molar-refractivity contribution in [2.45, 2.75) is 69.9 Å². The van der Waals surface area contributed by atoms with E-state index in [-0.39, 0.29) is 23.8 Å². The van der Waals surface area contributed by atoms with Crippen molar-refractivity contribution in [2.75, 3.05) is 7.05 Å². The molecule has 0 spiro atoms. The van der Waals surface area contributed by atoms with Crippen LogP contribution in [0.5, 0.6) is 0 Å². The smallest absolute Gasteiger partial charge is 0.339 e. The topological polar surface area (TPSA) is 105 Å². The van der Waals surface area contributed by atoms with Crippen LogP contribution < -0.4 is 0 Å². The first-order valence-corrected chi connectivity index (χ1v) is 11.0. The Hall–Kier alpha value is -1.83. The van der Waals surface area contributed by atoms with Gasteiger partial charge in [-0.25, -0.2) is 13.2 Å². The molecule has 1 fully saturated rings. The lowest BCUT2D eigenvalue weighted by Crippen LogP contribution is -2.47. The van der Waals surface area contributed by atoms with E-state index in [4.69, 9.17) is 9.52 Å². The molecule has 1 aliphatic rings. The Morgan fingerprint density at radius 3 is 2.33 bits per heavy atom. The van der Waals surface area contributed by atoms with E-state index in [0.717, 1.165) is 19.3 Å². The van der Waals surface area contributed by atoms with Crippen molar-refractivity contribution in [3.8, 4) is 0 Å². The largest absolute Gasteiger partial charge is 0.478 e. The minimum Gasteiger partial charge on any atom is -0.478 e. The summed E-state index contributed by atoms with van der Waals surface area (Å²) < 4.78 is 31.7. The van der Waals surface area contributed by atoms with Crippen LogP contribution in [0.2, 0.25) is 0 Å². The molecular formula is C19H29NO6S. The molecule has 1 N–H and O–H groups in total. The Bertz CT molecular complexity index is 789. The third-order valence-electron chi connectivity index (χ3n) is 5.19. The molecule has 1 aromatic rings. The molecule has 7 nitrogen and oxygen atoms in total. The molecule has 1 aliphatic carbocycles. The second kappa shape index (κ2) is 8.46. The van der Waals surface area contributed by atoms with Crippen molar-refractivity contribution in [3.05, 3.63) is 23.2 Å². The highest BCUT2D eigenvalue weighted by Crippen LogP contribution is 2.30. The number of carbonyl (C=O) groups is 2. The maximum atomic E-state index is 13.1. The number of carbonyl (C=O) groups excluding carboxylic acids is 1. The van der Waals surface area contributed by atoms with Crippen molar-refractivity contribution in [1.29, 1.82) is 0 Å². The monoisotopic (exact) mass is 399 g/mol. The van der Waals surface area contributed by atoms with Gasteiger partial charge in [0.15, 0.2) is 9.84 Å². The molecule has 0 radical (unpaired) electrons. The van der Waals surface area contributed by atoms with Gasteiger partial charge in [0, 0.05) is 7.05 Å². The minimum atomic E-state index is -3.59. The van der Waals surface area contributed by atoms with Crippen molar-refractivity contribution in [3.63, 3.8) is 0 Å². The summed E-state index contributed by atoms with van der Waals surface area (Å²) in [5.41, 5.74) is 0.0427. The van der Waals surface area contributed by atoms with E-state index >= 15 is 0 Å². The molecule has 1 atom stereocenters. The fourth-order valence-electron chi connectivity index (χ4n) is 3.77. The summed E-state index contributed by atoms with van der Waals surface area (Å²) in [4.78, 5) is 25.4. The number of furan rings is 1. The van der Waals surface area contributed by atoms with Crippen LogP contribution in [-0.2, 0) is 21.2 Å². The normalized spacial score (nSPS) is 17.1.